The summed E-state index contributed by atoms with van der Waals surface area (Å²) in [4.78, 5) is 12.0. The number of carbonyl (C=O) groups is 1. The third-order valence-corrected chi connectivity index (χ3v) is 3.92. The van der Waals surface area contributed by atoms with Gasteiger partial charge in [0.15, 0.2) is 3.77 Å². The van der Waals surface area contributed by atoms with E-state index in [1.165, 1.54) is 6.26 Å². The number of carbonyl (C=O) groups excluding carboxylic acids is 1. The molecule has 1 atom stereocenters. The van der Waals surface area contributed by atoms with Gasteiger partial charge in [-0.3, -0.25) is 4.79 Å². The van der Waals surface area contributed by atoms with Crippen molar-refractivity contribution in [3.8, 4) is 0 Å². The lowest BCUT2D eigenvalue weighted by Crippen LogP contribution is -2.29. The number of halogens is 2. The summed E-state index contributed by atoms with van der Waals surface area (Å²) in [5.41, 5.74) is 1.48. The molecule has 0 saturated carbocycles. The maximum absolute atomic E-state index is 12.0. The van der Waals surface area contributed by atoms with Crippen LogP contribution in [0.2, 0.25) is 5.02 Å². The van der Waals surface area contributed by atoms with Gasteiger partial charge in [-0.15, -0.1) is 0 Å². The average Bonchev–Trinajstić information content (AvgIpc) is 2.87. The van der Waals surface area contributed by atoms with Crippen LogP contribution >= 0.6 is 34.2 Å². The molecule has 6 heteroatoms. The summed E-state index contributed by atoms with van der Waals surface area (Å²) < 4.78 is 11.1. The van der Waals surface area contributed by atoms with Crippen molar-refractivity contribution in [2.24, 2.45) is 0 Å². The highest BCUT2D eigenvalue weighted by atomic mass is 127. The predicted octanol–water partition coefficient (Wildman–Crippen LogP) is 3.66. The average molecular weight is 406 g/mol. The first kappa shape index (κ1) is 15.3. The monoisotopic (exact) mass is 405 g/mol. The Kier molecular flexibility index (Phi) is 5.45. The molecule has 20 heavy (non-hydrogen) atoms. The highest BCUT2D eigenvalue weighted by Gasteiger charge is 2.16. The first-order valence-corrected chi connectivity index (χ1v) is 7.37. The maximum atomic E-state index is 12.0. The third-order valence-electron chi connectivity index (χ3n) is 2.84. The zero-order valence-corrected chi connectivity index (χ0v) is 13.6. The fraction of sp³-hybridized carbons (Fsp3) is 0.214. The Balaban J connectivity index is 1.99. The lowest BCUT2D eigenvalue weighted by Gasteiger charge is -2.16. The van der Waals surface area contributed by atoms with Crippen LogP contribution in [0.1, 0.15) is 22.0 Å². The molecule has 1 aromatic heterocycles. The summed E-state index contributed by atoms with van der Waals surface area (Å²) >= 11 is 7.83. The van der Waals surface area contributed by atoms with Crippen LogP contribution in [0, 0.1) is 3.77 Å². The Bertz CT molecular complexity index is 582. The lowest BCUT2D eigenvalue weighted by atomic mass is 10.1. The van der Waals surface area contributed by atoms with Gasteiger partial charge >= 0.3 is 0 Å². The first-order valence-electron chi connectivity index (χ1n) is 5.91. The molecule has 0 bridgehead atoms. The molecule has 0 aliphatic heterocycles. The Hall–Kier alpha value is -1.05. The van der Waals surface area contributed by atoms with Gasteiger partial charge in [0.25, 0.3) is 5.91 Å². The van der Waals surface area contributed by atoms with Crippen LogP contribution in [-0.2, 0) is 4.74 Å². The van der Waals surface area contributed by atoms with E-state index in [0.717, 1.165) is 5.56 Å². The van der Waals surface area contributed by atoms with Crippen LogP contribution < -0.4 is 5.32 Å². The highest BCUT2D eigenvalue weighted by molar-refractivity contribution is 14.1. The van der Waals surface area contributed by atoms with Crippen LogP contribution in [0.4, 0.5) is 0 Å². The van der Waals surface area contributed by atoms with E-state index < -0.39 is 0 Å². The van der Waals surface area contributed by atoms with E-state index in [0.29, 0.717) is 20.9 Å². The van der Waals surface area contributed by atoms with E-state index in [-0.39, 0.29) is 12.0 Å². The van der Waals surface area contributed by atoms with E-state index in [4.69, 9.17) is 20.8 Å². The van der Waals surface area contributed by atoms with Crippen molar-refractivity contribution < 1.29 is 13.9 Å². The molecule has 1 N–H and O–H groups in total. The standard InChI is InChI=1S/C14H13ClINO3/c1-19-12(9-2-4-10(15)5-3-9)8-17-14(18)11-6-7-20-13(11)16/h2-7,12H,8H2,1H3,(H,17,18)/t12-/m0/s1. The van der Waals surface area contributed by atoms with E-state index >= 15 is 0 Å². The van der Waals surface area contributed by atoms with Gasteiger partial charge in [-0.25, -0.2) is 0 Å². The molecule has 1 heterocycles. The summed E-state index contributed by atoms with van der Waals surface area (Å²) in [5.74, 6) is -0.181. The van der Waals surface area contributed by atoms with Gasteiger partial charge in [-0.05, 0) is 23.8 Å². The number of hydrogen-bond donors (Lipinski definition) is 1. The predicted molar refractivity (Wildman–Crippen MR) is 85.0 cm³/mol. The van der Waals surface area contributed by atoms with Gasteiger partial charge in [0.1, 0.15) is 0 Å². The molecule has 0 fully saturated rings. The molecular formula is C14H13ClINO3. The zero-order valence-electron chi connectivity index (χ0n) is 10.7. The SMILES string of the molecule is CO[C@@H](CNC(=O)c1ccoc1I)c1ccc(Cl)cc1. The van der Waals surface area contributed by atoms with Crippen molar-refractivity contribution in [1.29, 1.82) is 0 Å². The molecular weight excluding hydrogens is 393 g/mol. The summed E-state index contributed by atoms with van der Waals surface area (Å²) in [5, 5.41) is 3.50. The highest BCUT2D eigenvalue weighted by Crippen LogP contribution is 2.19. The zero-order chi connectivity index (χ0) is 14.5. The normalized spacial score (nSPS) is 12.2. The fourth-order valence-corrected chi connectivity index (χ4v) is 2.45. The lowest BCUT2D eigenvalue weighted by molar-refractivity contribution is 0.0826. The topological polar surface area (TPSA) is 51.5 Å². The van der Waals surface area contributed by atoms with Crippen molar-refractivity contribution in [2.75, 3.05) is 13.7 Å². The van der Waals surface area contributed by atoms with Crippen LogP contribution in [0.3, 0.4) is 0 Å². The van der Waals surface area contributed by atoms with Gasteiger partial charge in [0.2, 0.25) is 0 Å². The van der Waals surface area contributed by atoms with Gasteiger partial charge in [0.05, 0.1) is 17.9 Å². The second-order valence-corrected chi connectivity index (χ2v) is 5.51. The number of rotatable bonds is 5. The van der Waals surface area contributed by atoms with Gasteiger partial charge in [-0.1, -0.05) is 23.7 Å². The van der Waals surface area contributed by atoms with Gasteiger partial charge < -0.3 is 14.5 Å². The molecule has 2 aromatic rings. The summed E-state index contributed by atoms with van der Waals surface area (Å²) in [6.45, 7) is 0.373. The Morgan fingerprint density at radius 1 is 1.40 bits per heavy atom. The van der Waals surface area contributed by atoms with E-state index in [2.05, 4.69) is 5.32 Å². The molecule has 1 aromatic carbocycles. The van der Waals surface area contributed by atoms with Crippen molar-refractivity contribution >= 4 is 40.1 Å². The Labute approximate surface area is 135 Å². The number of ether oxygens (including phenoxy) is 1. The quantitative estimate of drug-likeness (QED) is 0.773. The summed E-state index contributed by atoms with van der Waals surface area (Å²) in [6.07, 6.45) is 1.27. The van der Waals surface area contributed by atoms with E-state index in [9.17, 15) is 4.79 Å². The van der Waals surface area contributed by atoms with Gasteiger partial charge in [-0.2, -0.15) is 0 Å². The number of hydrogen-bond acceptors (Lipinski definition) is 3. The molecule has 0 saturated heterocycles. The van der Waals surface area contributed by atoms with Crippen LogP contribution in [0.25, 0.3) is 0 Å². The number of benzene rings is 1. The van der Waals surface area contributed by atoms with Crippen molar-refractivity contribution in [2.45, 2.75) is 6.10 Å². The Morgan fingerprint density at radius 2 is 2.10 bits per heavy atom. The van der Waals surface area contributed by atoms with Crippen LogP contribution in [0.5, 0.6) is 0 Å². The van der Waals surface area contributed by atoms with E-state index in [1.54, 1.807) is 25.3 Å². The number of furan rings is 1. The molecule has 0 spiro atoms. The molecule has 0 unspecified atom stereocenters. The molecule has 0 radical (unpaired) electrons. The summed E-state index contributed by atoms with van der Waals surface area (Å²) in [7, 11) is 1.60. The first-order chi connectivity index (χ1) is 9.61. The third kappa shape index (κ3) is 3.74. The van der Waals surface area contributed by atoms with Crippen molar-refractivity contribution in [3.05, 3.63) is 56.5 Å². The van der Waals surface area contributed by atoms with Crippen LogP contribution in [-0.4, -0.2) is 19.6 Å². The second kappa shape index (κ2) is 7.10. The van der Waals surface area contributed by atoms with Gasteiger partial charge in [0, 0.05) is 41.3 Å². The van der Waals surface area contributed by atoms with Crippen LogP contribution in [0.15, 0.2) is 41.0 Å². The largest absolute Gasteiger partial charge is 0.458 e. The summed E-state index contributed by atoms with van der Waals surface area (Å²) in [6, 6.07) is 8.99. The smallest absolute Gasteiger partial charge is 0.255 e. The molecule has 1 amide bonds. The number of amides is 1. The Morgan fingerprint density at radius 3 is 2.65 bits per heavy atom. The number of methoxy groups -OCH3 is 1. The minimum Gasteiger partial charge on any atom is -0.458 e. The molecule has 2 rings (SSSR count). The second-order valence-electron chi connectivity index (χ2n) is 4.09. The molecule has 4 nitrogen and oxygen atoms in total. The molecule has 106 valence electrons. The molecule has 0 aliphatic carbocycles. The molecule has 0 aliphatic rings. The van der Waals surface area contributed by atoms with Crippen molar-refractivity contribution in [1.82, 2.24) is 5.32 Å². The minimum absolute atomic E-state index is 0.181. The van der Waals surface area contributed by atoms with E-state index in [1.807, 2.05) is 34.7 Å². The minimum atomic E-state index is -0.222. The maximum Gasteiger partial charge on any atom is 0.255 e. The fourth-order valence-electron chi connectivity index (χ4n) is 1.75. The number of nitrogens with one attached hydrogen (secondary N) is 1. The van der Waals surface area contributed by atoms with Crippen molar-refractivity contribution in [3.63, 3.8) is 0 Å².